The standard InChI is InChI=1S/C6H13NO3S/c1-6(7-8)2-4-11(9,10)5-3-6/h7-8H,2-5H2,1H3. The summed E-state index contributed by atoms with van der Waals surface area (Å²) in [6.45, 7) is 1.82. The van der Waals surface area contributed by atoms with Crippen molar-refractivity contribution in [3.05, 3.63) is 0 Å². The number of hydroxylamine groups is 1. The molecule has 1 fully saturated rings. The van der Waals surface area contributed by atoms with E-state index in [1.54, 1.807) is 0 Å². The molecule has 1 heterocycles. The summed E-state index contributed by atoms with van der Waals surface area (Å²) in [6.07, 6.45) is 0.984. The highest BCUT2D eigenvalue weighted by Crippen LogP contribution is 2.22. The van der Waals surface area contributed by atoms with E-state index in [-0.39, 0.29) is 11.5 Å². The fourth-order valence-electron chi connectivity index (χ4n) is 1.10. The van der Waals surface area contributed by atoms with Crippen molar-refractivity contribution >= 4 is 9.84 Å². The minimum Gasteiger partial charge on any atom is -0.316 e. The van der Waals surface area contributed by atoms with Gasteiger partial charge in [-0.1, -0.05) is 0 Å². The summed E-state index contributed by atoms with van der Waals surface area (Å²) in [5.74, 6) is 0.355. The first-order valence-electron chi connectivity index (χ1n) is 3.59. The Hall–Kier alpha value is -0.130. The van der Waals surface area contributed by atoms with Crippen LogP contribution >= 0.6 is 0 Å². The Morgan fingerprint density at radius 2 is 1.82 bits per heavy atom. The maximum atomic E-state index is 10.9. The molecule has 1 rings (SSSR count). The molecule has 11 heavy (non-hydrogen) atoms. The van der Waals surface area contributed by atoms with E-state index in [0.29, 0.717) is 12.8 Å². The van der Waals surface area contributed by atoms with Crippen LogP contribution in [-0.2, 0) is 9.84 Å². The second-order valence-electron chi connectivity index (χ2n) is 3.32. The average molecular weight is 179 g/mol. The minimum absolute atomic E-state index is 0.178. The maximum absolute atomic E-state index is 10.9. The van der Waals surface area contributed by atoms with Gasteiger partial charge >= 0.3 is 0 Å². The third-order valence-electron chi connectivity index (χ3n) is 2.20. The highest BCUT2D eigenvalue weighted by atomic mass is 32.2. The zero-order chi connectivity index (χ0) is 8.54. The monoisotopic (exact) mass is 179 g/mol. The van der Waals surface area contributed by atoms with Crippen molar-refractivity contribution in [3.8, 4) is 0 Å². The highest BCUT2D eigenvalue weighted by molar-refractivity contribution is 7.91. The van der Waals surface area contributed by atoms with Gasteiger partial charge in [0.15, 0.2) is 0 Å². The van der Waals surface area contributed by atoms with E-state index in [9.17, 15) is 8.42 Å². The van der Waals surface area contributed by atoms with Crippen LogP contribution in [0.3, 0.4) is 0 Å². The number of rotatable bonds is 1. The second kappa shape index (κ2) is 2.73. The summed E-state index contributed by atoms with van der Waals surface area (Å²) in [6, 6.07) is 0. The Morgan fingerprint density at radius 3 is 2.18 bits per heavy atom. The topological polar surface area (TPSA) is 66.4 Å². The first kappa shape index (κ1) is 8.96. The molecule has 0 aromatic heterocycles. The van der Waals surface area contributed by atoms with Gasteiger partial charge in [0.2, 0.25) is 0 Å². The number of hydrogen-bond acceptors (Lipinski definition) is 4. The lowest BCUT2D eigenvalue weighted by molar-refractivity contribution is 0.0651. The van der Waals surface area contributed by atoms with E-state index in [1.807, 2.05) is 6.92 Å². The van der Waals surface area contributed by atoms with Crippen molar-refractivity contribution in [1.29, 1.82) is 0 Å². The molecule has 0 aliphatic carbocycles. The third kappa shape index (κ3) is 2.15. The molecule has 2 N–H and O–H groups in total. The molecule has 0 aromatic rings. The van der Waals surface area contributed by atoms with Crippen molar-refractivity contribution in [3.63, 3.8) is 0 Å². The van der Waals surface area contributed by atoms with Gasteiger partial charge in [0.05, 0.1) is 11.5 Å². The number of nitrogens with one attached hydrogen (secondary N) is 1. The quantitative estimate of drug-likeness (QED) is 0.553. The number of hydrogen-bond donors (Lipinski definition) is 2. The molecule has 0 bridgehead atoms. The van der Waals surface area contributed by atoms with Crippen molar-refractivity contribution in [2.24, 2.45) is 0 Å². The van der Waals surface area contributed by atoms with Crippen LogP contribution in [0.4, 0.5) is 0 Å². The predicted molar refractivity (Wildman–Crippen MR) is 41.2 cm³/mol. The van der Waals surface area contributed by atoms with Gasteiger partial charge < -0.3 is 5.21 Å². The lowest BCUT2D eigenvalue weighted by Crippen LogP contribution is -2.46. The van der Waals surface area contributed by atoms with Crippen molar-refractivity contribution in [1.82, 2.24) is 5.48 Å². The molecule has 0 spiro atoms. The van der Waals surface area contributed by atoms with Gasteiger partial charge in [0.25, 0.3) is 0 Å². The average Bonchev–Trinajstić information content (AvgIpc) is 1.97. The van der Waals surface area contributed by atoms with Crippen LogP contribution in [-0.4, -0.2) is 30.7 Å². The fourth-order valence-corrected chi connectivity index (χ4v) is 2.83. The zero-order valence-corrected chi connectivity index (χ0v) is 7.32. The Kier molecular flexibility index (Phi) is 2.22. The summed E-state index contributed by atoms with van der Waals surface area (Å²) < 4.78 is 21.9. The minimum atomic E-state index is -2.82. The van der Waals surface area contributed by atoms with Gasteiger partial charge in [-0.05, 0) is 19.8 Å². The molecule has 1 aliphatic rings. The Bertz CT molecular complexity index is 220. The first-order chi connectivity index (χ1) is 4.97. The molecule has 1 saturated heterocycles. The Balaban J connectivity index is 2.62. The predicted octanol–water partition coefficient (Wildman–Crippen LogP) is -0.0675. The number of sulfone groups is 1. The van der Waals surface area contributed by atoms with E-state index in [4.69, 9.17) is 5.21 Å². The molecular weight excluding hydrogens is 166 g/mol. The van der Waals surface area contributed by atoms with Gasteiger partial charge in [0.1, 0.15) is 9.84 Å². The van der Waals surface area contributed by atoms with Gasteiger partial charge in [-0.2, -0.15) is 5.48 Å². The van der Waals surface area contributed by atoms with E-state index in [2.05, 4.69) is 5.48 Å². The molecule has 4 nitrogen and oxygen atoms in total. The first-order valence-corrected chi connectivity index (χ1v) is 5.41. The summed E-state index contributed by atoms with van der Waals surface area (Å²) in [5, 5.41) is 8.68. The summed E-state index contributed by atoms with van der Waals surface area (Å²) in [7, 11) is -2.82. The van der Waals surface area contributed by atoms with Crippen LogP contribution < -0.4 is 5.48 Å². The fraction of sp³-hybridized carbons (Fsp3) is 1.00. The molecular formula is C6H13NO3S. The lowest BCUT2D eigenvalue weighted by Gasteiger charge is -2.31. The van der Waals surface area contributed by atoms with E-state index >= 15 is 0 Å². The lowest BCUT2D eigenvalue weighted by atomic mass is 9.96. The molecule has 0 unspecified atom stereocenters. The van der Waals surface area contributed by atoms with Crippen LogP contribution in [0.25, 0.3) is 0 Å². The van der Waals surface area contributed by atoms with Gasteiger partial charge in [-0.3, -0.25) is 0 Å². The molecule has 0 saturated carbocycles. The Morgan fingerprint density at radius 1 is 1.36 bits per heavy atom. The summed E-state index contributed by atoms with van der Waals surface area (Å²) in [5.41, 5.74) is 1.76. The molecule has 0 radical (unpaired) electrons. The zero-order valence-electron chi connectivity index (χ0n) is 6.50. The van der Waals surface area contributed by atoms with Crippen LogP contribution in [0.5, 0.6) is 0 Å². The molecule has 66 valence electrons. The Labute approximate surface area is 66.5 Å². The van der Waals surface area contributed by atoms with Crippen molar-refractivity contribution in [2.45, 2.75) is 25.3 Å². The van der Waals surface area contributed by atoms with Crippen LogP contribution in [0.2, 0.25) is 0 Å². The van der Waals surface area contributed by atoms with Crippen LogP contribution in [0.1, 0.15) is 19.8 Å². The van der Waals surface area contributed by atoms with Crippen LogP contribution in [0, 0.1) is 0 Å². The largest absolute Gasteiger partial charge is 0.316 e. The smallest absolute Gasteiger partial charge is 0.150 e. The van der Waals surface area contributed by atoms with E-state index < -0.39 is 15.4 Å². The molecule has 0 amide bonds. The highest BCUT2D eigenvalue weighted by Gasteiger charge is 2.32. The van der Waals surface area contributed by atoms with E-state index in [0.717, 1.165) is 0 Å². The SMILES string of the molecule is CC1(NO)CCS(=O)(=O)CC1. The normalized spacial score (nSPS) is 28.2. The van der Waals surface area contributed by atoms with Crippen molar-refractivity contribution in [2.75, 3.05) is 11.5 Å². The molecule has 0 aromatic carbocycles. The summed E-state index contributed by atoms with van der Waals surface area (Å²) in [4.78, 5) is 0. The molecule has 0 atom stereocenters. The van der Waals surface area contributed by atoms with Crippen LogP contribution in [0.15, 0.2) is 0 Å². The van der Waals surface area contributed by atoms with Gasteiger partial charge in [0, 0.05) is 5.54 Å². The third-order valence-corrected chi connectivity index (χ3v) is 3.85. The molecule has 1 aliphatic heterocycles. The van der Waals surface area contributed by atoms with E-state index in [1.165, 1.54) is 0 Å². The van der Waals surface area contributed by atoms with Gasteiger partial charge in [-0.15, -0.1) is 0 Å². The maximum Gasteiger partial charge on any atom is 0.150 e. The van der Waals surface area contributed by atoms with Crippen molar-refractivity contribution < 1.29 is 13.6 Å². The molecule has 5 heteroatoms. The summed E-state index contributed by atoms with van der Waals surface area (Å²) >= 11 is 0. The van der Waals surface area contributed by atoms with Gasteiger partial charge in [-0.25, -0.2) is 8.42 Å². The second-order valence-corrected chi connectivity index (χ2v) is 5.63.